The lowest BCUT2D eigenvalue weighted by atomic mass is 10.1. The van der Waals surface area contributed by atoms with Crippen LogP contribution < -0.4 is 15.2 Å². The molecule has 0 aromatic heterocycles. The molecule has 2 aromatic rings. The molecule has 0 atom stereocenters. The van der Waals surface area contributed by atoms with E-state index in [-0.39, 0.29) is 13.2 Å². The molecule has 0 heterocycles. The Balaban J connectivity index is 1.80. The highest BCUT2D eigenvalue weighted by atomic mass is 16.6. The van der Waals surface area contributed by atoms with Gasteiger partial charge in [-0.15, -0.1) is 0 Å². The van der Waals surface area contributed by atoms with Crippen molar-refractivity contribution in [3.63, 3.8) is 0 Å². The van der Waals surface area contributed by atoms with Gasteiger partial charge >= 0.3 is 5.97 Å². The van der Waals surface area contributed by atoms with Crippen LogP contribution in [0.3, 0.4) is 0 Å². The highest BCUT2D eigenvalue weighted by molar-refractivity contribution is 5.95. The molecule has 0 amide bonds. The molecular formula is C17H19NO4. The molecule has 116 valence electrons. The van der Waals surface area contributed by atoms with E-state index in [9.17, 15) is 4.79 Å². The van der Waals surface area contributed by atoms with Gasteiger partial charge in [0, 0.05) is 5.69 Å². The quantitative estimate of drug-likeness (QED) is 0.504. The monoisotopic (exact) mass is 301 g/mol. The van der Waals surface area contributed by atoms with Gasteiger partial charge in [-0.3, -0.25) is 0 Å². The second-order valence-corrected chi connectivity index (χ2v) is 4.70. The lowest BCUT2D eigenvalue weighted by molar-refractivity contribution is 0.0451. The van der Waals surface area contributed by atoms with Gasteiger partial charge < -0.3 is 19.9 Å². The smallest absolute Gasteiger partial charge is 0.340 e. The Morgan fingerprint density at radius 1 is 1.05 bits per heavy atom. The lowest BCUT2D eigenvalue weighted by Crippen LogP contribution is -2.14. The third-order valence-corrected chi connectivity index (χ3v) is 3.19. The molecule has 0 fully saturated rings. The van der Waals surface area contributed by atoms with Gasteiger partial charge in [0.2, 0.25) is 0 Å². The summed E-state index contributed by atoms with van der Waals surface area (Å²) in [7, 11) is 1.60. The minimum atomic E-state index is -0.445. The van der Waals surface area contributed by atoms with E-state index in [1.807, 2.05) is 13.0 Å². The summed E-state index contributed by atoms with van der Waals surface area (Å²) >= 11 is 0. The van der Waals surface area contributed by atoms with Gasteiger partial charge in [-0.1, -0.05) is 12.1 Å². The summed E-state index contributed by atoms with van der Waals surface area (Å²) in [5.41, 5.74) is 7.54. The minimum absolute atomic E-state index is 0.151. The largest absolute Gasteiger partial charge is 0.497 e. The van der Waals surface area contributed by atoms with Crippen molar-refractivity contribution in [2.75, 3.05) is 26.1 Å². The molecule has 2 N–H and O–H groups in total. The third kappa shape index (κ3) is 3.91. The number of esters is 1. The number of rotatable bonds is 6. The van der Waals surface area contributed by atoms with Gasteiger partial charge in [-0.25, -0.2) is 4.79 Å². The van der Waals surface area contributed by atoms with E-state index in [1.165, 1.54) is 0 Å². The van der Waals surface area contributed by atoms with Gasteiger partial charge in [0.05, 0.1) is 12.7 Å². The summed E-state index contributed by atoms with van der Waals surface area (Å²) in [5, 5.41) is 0. The molecule has 0 spiro atoms. The molecule has 5 heteroatoms. The van der Waals surface area contributed by atoms with Crippen molar-refractivity contribution in [1.29, 1.82) is 0 Å². The second-order valence-electron chi connectivity index (χ2n) is 4.70. The number of nitrogen functional groups attached to an aromatic ring is 1. The van der Waals surface area contributed by atoms with Gasteiger partial charge in [-0.2, -0.15) is 0 Å². The molecule has 0 aliphatic heterocycles. The standard InChI is InChI=1S/C17H19NO4/c1-12-4-3-5-15(16(12)18)17(19)22-11-10-21-14-8-6-13(20-2)7-9-14/h3-9H,10-11,18H2,1-2H3. The highest BCUT2D eigenvalue weighted by Gasteiger charge is 2.12. The summed E-state index contributed by atoms with van der Waals surface area (Å²) in [6, 6.07) is 12.5. The van der Waals surface area contributed by atoms with E-state index in [0.717, 1.165) is 11.3 Å². The molecule has 0 aliphatic carbocycles. The summed E-state index contributed by atoms with van der Waals surface area (Å²) in [5.74, 6) is 1.00. The normalized spacial score (nSPS) is 10.1. The van der Waals surface area contributed by atoms with Gasteiger partial charge in [0.25, 0.3) is 0 Å². The zero-order valence-electron chi connectivity index (χ0n) is 12.7. The SMILES string of the molecule is COc1ccc(OCCOC(=O)c2cccc(C)c2N)cc1. The fourth-order valence-electron chi connectivity index (χ4n) is 1.90. The molecule has 0 saturated carbocycles. The van der Waals surface area contributed by atoms with Gasteiger partial charge in [0.1, 0.15) is 24.7 Å². The van der Waals surface area contributed by atoms with Crippen molar-refractivity contribution in [3.05, 3.63) is 53.6 Å². The first kappa shape index (κ1) is 15.7. The molecule has 0 bridgehead atoms. The Hall–Kier alpha value is -2.69. The van der Waals surface area contributed by atoms with Crippen molar-refractivity contribution in [1.82, 2.24) is 0 Å². The summed E-state index contributed by atoms with van der Waals surface area (Å²) in [6.07, 6.45) is 0. The van der Waals surface area contributed by atoms with E-state index >= 15 is 0 Å². The Morgan fingerprint density at radius 2 is 1.73 bits per heavy atom. The van der Waals surface area contributed by atoms with Crippen molar-refractivity contribution in [2.24, 2.45) is 0 Å². The zero-order chi connectivity index (χ0) is 15.9. The van der Waals surface area contributed by atoms with Crippen LogP contribution in [0.5, 0.6) is 11.5 Å². The molecule has 0 radical (unpaired) electrons. The zero-order valence-corrected chi connectivity index (χ0v) is 12.7. The Bertz CT molecular complexity index is 638. The number of methoxy groups -OCH3 is 1. The number of nitrogens with two attached hydrogens (primary N) is 1. The first-order chi connectivity index (χ1) is 10.6. The van der Waals surface area contributed by atoms with Crippen LogP contribution in [0.1, 0.15) is 15.9 Å². The van der Waals surface area contributed by atoms with Crippen LogP contribution in [0.25, 0.3) is 0 Å². The number of aryl methyl sites for hydroxylation is 1. The molecule has 22 heavy (non-hydrogen) atoms. The minimum Gasteiger partial charge on any atom is -0.497 e. The first-order valence-electron chi connectivity index (χ1n) is 6.91. The molecular weight excluding hydrogens is 282 g/mol. The second kappa shape index (κ2) is 7.36. The topological polar surface area (TPSA) is 70.8 Å². The van der Waals surface area contributed by atoms with Crippen LogP contribution in [0.4, 0.5) is 5.69 Å². The van der Waals surface area contributed by atoms with Crippen LogP contribution in [0.2, 0.25) is 0 Å². The van der Waals surface area contributed by atoms with Crippen LogP contribution >= 0.6 is 0 Å². The highest BCUT2D eigenvalue weighted by Crippen LogP contribution is 2.18. The lowest BCUT2D eigenvalue weighted by Gasteiger charge is -2.10. The third-order valence-electron chi connectivity index (χ3n) is 3.19. The first-order valence-corrected chi connectivity index (χ1v) is 6.91. The van der Waals surface area contributed by atoms with Crippen molar-refractivity contribution in [2.45, 2.75) is 6.92 Å². The molecule has 2 rings (SSSR count). The van der Waals surface area contributed by atoms with E-state index < -0.39 is 5.97 Å². The Morgan fingerprint density at radius 3 is 2.41 bits per heavy atom. The van der Waals surface area contributed by atoms with Crippen LogP contribution in [0.15, 0.2) is 42.5 Å². The number of para-hydroxylation sites is 1. The van der Waals surface area contributed by atoms with E-state index in [2.05, 4.69) is 0 Å². The average Bonchev–Trinajstić information content (AvgIpc) is 2.54. The number of hydrogen-bond donors (Lipinski definition) is 1. The van der Waals surface area contributed by atoms with Crippen LogP contribution in [-0.2, 0) is 4.74 Å². The Labute approximate surface area is 129 Å². The van der Waals surface area contributed by atoms with E-state index in [0.29, 0.717) is 17.0 Å². The predicted molar refractivity (Wildman–Crippen MR) is 84.4 cm³/mol. The van der Waals surface area contributed by atoms with Gasteiger partial charge in [0.15, 0.2) is 0 Å². The fraction of sp³-hybridized carbons (Fsp3) is 0.235. The maximum Gasteiger partial charge on any atom is 0.340 e. The summed E-state index contributed by atoms with van der Waals surface area (Å²) < 4.78 is 15.7. The average molecular weight is 301 g/mol. The molecule has 2 aromatic carbocycles. The van der Waals surface area contributed by atoms with Crippen molar-refractivity contribution >= 4 is 11.7 Å². The van der Waals surface area contributed by atoms with Crippen molar-refractivity contribution < 1.29 is 19.0 Å². The van der Waals surface area contributed by atoms with E-state index in [1.54, 1.807) is 43.5 Å². The van der Waals surface area contributed by atoms with Crippen LogP contribution in [0, 0.1) is 6.92 Å². The van der Waals surface area contributed by atoms with Crippen LogP contribution in [-0.4, -0.2) is 26.3 Å². The molecule has 0 saturated heterocycles. The predicted octanol–water partition coefficient (Wildman–Crippen LogP) is 2.82. The number of benzene rings is 2. The maximum atomic E-state index is 11.9. The molecule has 0 unspecified atom stereocenters. The number of anilines is 1. The van der Waals surface area contributed by atoms with Crippen molar-refractivity contribution in [3.8, 4) is 11.5 Å². The number of hydrogen-bond acceptors (Lipinski definition) is 5. The number of carbonyl (C=O) groups is 1. The van der Waals surface area contributed by atoms with E-state index in [4.69, 9.17) is 19.9 Å². The van der Waals surface area contributed by atoms with Gasteiger partial charge in [-0.05, 0) is 42.8 Å². The summed E-state index contributed by atoms with van der Waals surface area (Å²) in [4.78, 5) is 11.9. The molecule has 0 aliphatic rings. The number of ether oxygens (including phenoxy) is 3. The maximum absolute atomic E-state index is 11.9. The Kier molecular flexibility index (Phi) is 5.25. The molecule has 5 nitrogen and oxygen atoms in total. The fourth-order valence-corrected chi connectivity index (χ4v) is 1.90. The summed E-state index contributed by atoms with van der Waals surface area (Å²) in [6.45, 7) is 2.26. The number of carbonyl (C=O) groups excluding carboxylic acids is 1.